The third-order valence-electron chi connectivity index (χ3n) is 3.22. The monoisotopic (exact) mass is 282 g/mol. The molecule has 0 aliphatic rings. The fraction of sp³-hybridized carbons (Fsp3) is 0.625. The second kappa shape index (κ2) is 7.49. The highest BCUT2D eigenvalue weighted by molar-refractivity contribution is 7.99. The Morgan fingerprint density at radius 2 is 1.72 bits per heavy atom. The van der Waals surface area contributed by atoms with Gasteiger partial charge in [-0.2, -0.15) is 12.6 Å². The van der Waals surface area contributed by atoms with Gasteiger partial charge in [0, 0.05) is 4.90 Å². The number of hydrogen-bond acceptors (Lipinski definition) is 2. The van der Waals surface area contributed by atoms with E-state index in [9.17, 15) is 0 Å². The van der Waals surface area contributed by atoms with E-state index < -0.39 is 0 Å². The Morgan fingerprint density at radius 1 is 1.11 bits per heavy atom. The van der Waals surface area contributed by atoms with Gasteiger partial charge in [-0.1, -0.05) is 39.8 Å². The molecule has 0 radical (unpaired) electrons. The van der Waals surface area contributed by atoms with Crippen LogP contribution in [0.4, 0.5) is 0 Å². The molecule has 1 unspecified atom stereocenters. The molecule has 0 aliphatic carbocycles. The average molecular weight is 283 g/mol. The number of thiol groups is 1. The highest BCUT2D eigenvalue weighted by atomic mass is 32.2. The van der Waals surface area contributed by atoms with E-state index in [1.54, 1.807) is 0 Å². The van der Waals surface area contributed by atoms with Crippen LogP contribution >= 0.6 is 24.4 Å². The van der Waals surface area contributed by atoms with Crippen LogP contribution in [0, 0.1) is 5.92 Å². The fourth-order valence-corrected chi connectivity index (χ4v) is 3.32. The van der Waals surface area contributed by atoms with Gasteiger partial charge in [-0.05, 0) is 53.4 Å². The molecule has 0 N–H and O–H groups in total. The van der Waals surface area contributed by atoms with Crippen molar-refractivity contribution in [2.24, 2.45) is 5.92 Å². The average Bonchev–Trinajstić information content (AvgIpc) is 2.29. The smallest absolute Gasteiger partial charge is 0.00721 e. The summed E-state index contributed by atoms with van der Waals surface area (Å²) in [5, 5.41) is 0. The van der Waals surface area contributed by atoms with Crippen molar-refractivity contribution in [3.8, 4) is 0 Å². The van der Waals surface area contributed by atoms with E-state index in [0.29, 0.717) is 0 Å². The SMILES string of the molecule is CC(CCS)CCSc1ccc(C(C)(C)C)cc1. The zero-order valence-electron chi connectivity index (χ0n) is 12.1. The summed E-state index contributed by atoms with van der Waals surface area (Å²) in [6, 6.07) is 9.04. The third kappa shape index (κ3) is 5.71. The molecule has 0 amide bonds. The Morgan fingerprint density at radius 3 is 2.22 bits per heavy atom. The molecule has 0 bridgehead atoms. The maximum Gasteiger partial charge on any atom is 0.00721 e. The van der Waals surface area contributed by atoms with Crippen LogP contribution < -0.4 is 0 Å². The maximum absolute atomic E-state index is 4.28. The molecule has 18 heavy (non-hydrogen) atoms. The van der Waals surface area contributed by atoms with Crippen LogP contribution in [0.25, 0.3) is 0 Å². The Labute approximate surface area is 122 Å². The van der Waals surface area contributed by atoms with Gasteiger partial charge < -0.3 is 0 Å². The maximum atomic E-state index is 4.28. The van der Waals surface area contributed by atoms with E-state index in [4.69, 9.17) is 0 Å². The van der Waals surface area contributed by atoms with Crippen molar-refractivity contribution in [2.45, 2.75) is 50.8 Å². The van der Waals surface area contributed by atoms with Crippen molar-refractivity contribution in [3.05, 3.63) is 29.8 Å². The fourth-order valence-electron chi connectivity index (χ4n) is 1.79. The van der Waals surface area contributed by atoms with E-state index in [1.807, 2.05) is 11.8 Å². The van der Waals surface area contributed by atoms with Crippen molar-refractivity contribution in [3.63, 3.8) is 0 Å². The summed E-state index contributed by atoms with van der Waals surface area (Å²) in [4.78, 5) is 1.39. The quantitative estimate of drug-likeness (QED) is 0.537. The predicted molar refractivity (Wildman–Crippen MR) is 88.1 cm³/mol. The summed E-state index contributed by atoms with van der Waals surface area (Å²) in [5.74, 6) is 3.01. The minimum Gasteiger partial charge on any atom is -0.179 e. The Hall–Kier alpha value is -0.0800. The van der Waals surface area contributed by atoms with Gasteiger partial charge in [0.25, 0.3) is 0 Å². The molecule has 0 aromatic heterocycles. The molecule has 0 saturated carbocycles. The largest absolute Gasteiger partial charge is 0.179 e. The first-order valence-corrected chi connectivity index (χ1v) is 8.39. The van der Waals surface area contributed by atoms with Gasteiger partial charge in [-0.25, -0.2) is 0 Å². The molecule has 1 atom stereocenters. The third-order valence-corrected chi connectivity index (χ3v) is 4.53. The van der Waals surface area contributed by atoms with Crippen LogP contribution in [0.1, 0.15) is 46.1 Å². The zero-order chi connectivity index (χ0) is 13.6. The standard InChI is InChI=1S/C16H26S2/c1-13(9-11-17)10-12-18-15-7-5-14(6-8-15)16(2,3)4/h5-8,13,17H,9-12H2,1-4H3. The summed E-state index contributed by atoms with van der Waals surface area (Å²) >= 11 is 6.25. The molecule has 1 rings (SSSR count). The van der Waals surface area contributed by atoms with Crippen LogP contribution in [-0.4, -0.2) is 11.5 Å². The number of rotatable bonds is 6. The van der Waals surface area contributed by atoms with Crippen LogP contribution in [-0.2, 0) is 5.41 Å². The van der Waals surface area contributed by atoms with Crippen LogP contribution in [0.3, 0.4) is 0 Å². The Kier molecular flexibility index (Phi) is 6.65. The number of hydrogen-bond donors (Lipinski definition) is 1. The van der Waals surface area contributed by atoms with Crippen molar-refractivity contribution >= 4 is 24.4 Å². The minimum atomic E-state index is 0.254. The van der Waals surface area contributed by atoms with Crippen molar-refractivity contribution in [1.29, 1.82) is 0 Å². The zero-order valence-corrected chi connectivity index (χ0v) is 13.8. The van der Waals surface area contributed by atoms with Crippen LogP contribution in [0.2, 0.25) is 0 Å². The van der Waals surface area contributed by atoms with Gasteiger partial charge >= 0.3 is 0 Å². The van der Waals surface area contributed by atoms with E-state index in [-0.39, 0.29) is 5.41 Å². The molecule has 102 valence electrons. The summed E-state index contributed by atoms with van der Waals surface area (Å²) in [6.07, 6.45) is 2.51. The summed E-state index contributed by atoms with van der Waals surface area (Å²) in [6.45, 7) is 9.09. The minimum absolute atomic E-state index is 0.254. The predicted octanol–water partition coefficient (Wildman–Crippen LogP) is 5.42. The Bertz CT molecular complexity index is 335. The van der Waals surface area contributed by atoms with Crippen LogP contribution in [0.15, 0.2) is 29.2 Å². The van der Waals surface area contributed by atoms with Crippen molar-refractivity contribution < 1.29 is 0 Å². The molecule has 0 spiro atoms. The van der Waals surface area contributed by atoms with Gasteiger partial charge in [0.2, 0.25) is 0 Å². The van der Waals surface area contributed by atoms with Crippen LogP contribution in [0.5, 0.6) is 0 Å². The van der Waals surface area contributed by atoms with Gasteiger partial charge in [0.1, 0.15) is 0 Å². The molecule has 2 heteroatoms. The summed E-state index contributed by atoms with van der Waals surface area (Å²) < 4.78 is 0. The Balaban J connectivity index is 2.40. The lowest BCUT2D eigenvalue weighted by molar-refractivity contribution is 0.554. The summed E-state index contributed by atoms with van der Waals surface area (Å²) in [7, 11) is 0. The van der Waals surface area contributed by atoms with E-state index in [2.05, 4.69) is 64.6 Å². The topological polar surface area (TPSA) is 0 Å². The van der Waals surface area contributed by atoms with Gasteiger partial charge in [-0.3, -0.25) is 0 Å². The van der Waals surface area contributed by atoms with Gasteiger partial charge in [0.15, 0.2) is 0 Å². The van der Waals surface area contributed by atoms with Crippen molar-refractivity contribution in [1.82, 2.24) is 0 Å². The first-order valence-electron chi connectivity index (χ1n) is 6.77. The lowest BCUT2D eigenvalue weighted by Gasteiger charge is -2.19. The first-order chi connectivity index (χ1) is 8.43. The molecular formula is C16H26S2. The number of thioether (sulfide) groups is 1. The van der Waals surface area contributed by atoms with Crippen molar-refractivity contribution in [2.75, 3.05) is 11.5 Å². The lowest BCUT2D eigenvalue weighted by Crippen LogP contribution is -2.10. The summed E-state index contributed by atoms with van der Waals surface area (Å²) in [5.41, 5.74) is 1.67. The molecule has 1 aromatic carbocycles. The molecule has 0 heterocycles. The lowest BCUT2D eigenvalue weighted by atomic mass is 9.87. The molecule has 0 saturated heterocycles. The van der Waals surface area contributed by atoms with E-state index >= 15 is 0 Å². The molecule has 0 fully saturated rings. The van der Waals surface area contributed by atoms with E-state index in [0.717, 1.165) is 11.7 Å². The molecule has 0 nitrogen and oxygen atoms in total. The van der Waals surface area contributed by atoms with E-state index in [1.165, 1.54) is 29.1 Å². The normalized spacial score (nSPS) is 13.6. The number of benzene rings is 1. The molecule has 0 aliphatic heterocycles. The second-order valence-electron chi connectivity index (χ2n) is 6.03. The highest BCUT2D eigenvalue weighted by Gasteiger charge is 2.12. The molecular weight excluding hydrogens is 256 g/mol. The highest BCUT2D eigenvalue weighted by Crippen LogP contribution is 2.26. The van der Waals surface area contributed by atoms with Gasteiger partial charge in [0.05, 0.1) is 0 Å². The van der Waals surface area contributed by atoms with Gasteiger partial charge in [-0.15, -0.1) is 11.8 Å². The molecule has 1 aromatic rings. The first kappa shape index (κ1) is 16.0. The second-order valence-corrected chi connectivity index (χ2v) is 7.64.